The van der Waals surface area contributed by atoms with Crippen LogP contribution in [0.1, 0.15) is 79.6 Å². The molecule has 1 saturated heterocycles. The number of aromatic nitrogens is 1. The van der Waals surface area contributed by atoms with Crippen LogP contribution in [0, 0.1) is 17.6 Å². The van der Waals surface area contributed by atoms with Gasteiger partial charge in [-0.05, 0) is 62.6 Å². The topological polar surface area (TPSA) is 104 Å². The first kappa shape index (κ1) is 26.4. The quantitative estimate of drug-likeness (QED) is 0.429. The molecule has 1 aliphatic heterocycles. The third-order valence-corrected chi connectivity index (χ3v) is 11.2. The SMILES string of the molecule is CC1CCC(c2ccccc2)S(=O)(=O)N1Cc1cc(F)c(C2(c3c[nH]c(=O)o3)CC(O)(CC3CC3)C2)cc1F. The Balaban J connectivity index is 1.32. The molecule has 0 spiro atoms. The summed E-state index contributed by atoms with van der Waals surface area (Å²) in [7, 11) is -3.83. The van der Waals surface area contributed by atoms with E-state index in [1.807, 2.05) is 6.07 Å². The van der Waals surface area contributed by atoms with E-state index in [9.17, 15) is 18.3 Å². The lowest BCUT2D eigenvalue weighted by Crippen LogP contribution is -2.55. The van der Waals surface area contributed by atoms with E-state index < -0.39 is 43.7 Å². The number of nitrogens with one attached hydrogen (secondary N) is 1. The van der Waals surface area contributed by atoms with Gasteiger partial charge in [0.2, 0.25) is 10.0 Å². The van der Waals surface area contributed by atoms with E-state index in [0.29, 0.717) is 30.7 Å². The highest BCUT2D eigenvalue weighted by atomic mass is 32.2. The third-order valence-electron chi connectivity index (χ3n) is 8.80. The predicted octanol–water partition coefficient (Wildman–Crippen LogP) is 4.91. The Morgan fingerprint density at radius 2 is 1.79 bits per heavy atom. The number of halogens is 2. The number of nitrogens with zero attached hydrogens (tertiary/aromatic N) is 1. The summed E-state index contributed by atoms with van der Waals surface area (Å²) in [6, 6.07) is 10.7. The van der Waals surface area contributed by atoms with Crippen molar-refractivity contribution >= 4 is 10.0 Å². The molecule has 2 aromatic carbocycles. The Morgan fingerprint density at radius 1 is 1.08 bits per heavy atom. The van der Waals surface area contributed by atoms with E-state index in [2.05, 4.69) is 4.98 Å². The Hall–Kier alpha value is -2.82. The van der Waals surface area contributed by atoms with Crippen LogP contribution in [0.25, 0.3) is 0 Å². The number of sulfonamides is 1. The van der Waals surface area contributed by atoms with Crippen molar-refractivity contribution < 1.29 is 26.7 Å². The van der Waals surface area contributed by atoms with Crippen molar-refractivity contribution in [3.05, 3.63) is 93.3 Å². The minimum Gasteiger partial charge on any atom is -0.412 e. The van der Waals surface area contributed by atoms with Crippen LogP contribution in [0.3, 0.4) is 0 Å². The van der Waals surface area contributed by atoms with Crippen molar-refractivity contribution in [2.75, 3.05) is 0 Å². The first-order valence-electron chi connectivity index (χ1n) is 13.5. The molecule has 6 rings (SSSR count). The maximum absolute atomic E-state index is 15.8. The number of aliphatic hydroxyl groups is 1. The second-order valence-corrected chi connectivity index (χ2v) is 13.8. The van der Waals surface area contributed by atoms with Gasteiger partial charge in [-0.15, -0.1) is 0 Å². The first-order valence-corrected chi connectivity index (χ1v) is 15.0. The van der Waals surface area contributed by atoms with Gasteiger partial charge in [0, 0.05) is 29.9 Å². The molecule has 2 aliphatic carbocycles. The smallest absolute Gasteiger partial charge is 0.412 e. The van der Waals surface area contributed by atoms with E-state index in [1.54, 1.807) is 31.2 Å². The minimum atomic E-state index is -3.83. The van der Waals surface area contributed by atoms with E-state index >= 15 is 8.78 Å². The van der Waals surface area contributed by atoms with Gasteiger partial charge in [0.05, 0.1) is 11.0 Å². The number of aromatic amines is 1. The third kappa shape index (κ3) is 4.66. The molecule has 0 bridgehead atoms. The van der Waals surface area contributed by atoms with Gasteiger partial charge in [-0.1, -0.05) is 43.2 Å². The van der Waals surface area contributed by atoms with Gasteiger partial charge >= 0.3 is 5.76 Å². The van der Waals surface area contributed by atoms with Crippen molar-refractivity contribution in [1.82, 2.24) is 9.29 Å². The van der Waals surface area contributed by atoms with E-state index in [0.717, 1.165) is 25.0 Å². The van der Waals surface area contributed by atoms with E-state index in [1.165, 1.54) is 10.5 Å². The summed E-state index contributed by atoms with van der Waals surface area (Å²) in [5, 5.41) is 10.4. The average Bonchev–Trinajstić information content (AvgIpc) is 3.57. The summed E-state index contributed by atoms with van der Waals surface area (Å²) < 4.78 is 65.2. The van der Waals surface area contributed by atoms with Crippen LogP contribution in [-0.4, -0.2) is 34.5 Å². The van der Waals surface area contributed by atoms with Crippen LogP contribution in [0.5, 0.6) is 0 Å². The molecule has 3 aliphatic rings. The molecule has 0 amide bonds. The summed E-state index contributed by atoms with van der Waals surface area (Å²) in [6.45, 7) is 1.48. The summed E-state index contributed by atoms with van der Waals surface area (Å²) >= 11 is 0. The zero-order chi connectivity index (χ0) is 27.6. The molecule has 0 radical (unpaired) electrons. The van der Waals surface area contributed by atoms with E-state index in [4.69, 9.17) is 4.42 Å². The molecule has 3 fully saturated rings. The molecule has 2 N–H and O–H groups in total. The Kier molecular flexibility index (Phi) is 6.35. The predicted molar refractivity (Wildman–Crippen MR) is 140 cm³/mol. The van der Waals surface area contributed by atoms with Crippen LogP contribution in [0.15, 0.2) is 57.9 Å². The Labute approximate surface area is 225 Å². The molecule has 3 aromatic rings. The first-order chi connectivity index (χ1) is 18.5. The second kappa shape index (κ2) is 9.38. The minimum absolute atomic E-state index is 0.0105. The van der Waals surface area contributed by atoms with E-state index in [-0.39, 0.29) is 42.3 Å². The van der Waals surface area contributed by atoms with Gasteiger partial charge in [0.25, 0.3) is 0 Å². The van der Waals surface area contributed by atoms with Gasteiger partial charge in [-0.25, -0.2) is 22.0 Å². The molecule has 2 heterocycles. The fraction of sp³-hybridized carbons (Fsp3) is 0.483. The fourth-order valence-corrected chi connectivity index (χ4v) is 8.88. The Bertz CT molecular complexity index is 1540. The monoisotopic (exact) mass is 558 g/mol. The van der Waals surface area contributed by atoms with Crippen molar-refractivity contribution in [2.45, 2.75) is 80.7 Å². The largest absolute Gasteiger partial charge is 0.416 e. The lowest BCUT2D eigenvalue weighted by molar-refractivity contribution is -0.0935. The molecule has 2 saturated carbocycles. The molecule has 39 heavy (non-hydrogen) atoms. The summed E-state index contributed by atoms with van der Waals surface area (Å²) in [6.07, 6.45) is 5.23. The summed E-state index contributed by atoms with van der Waals surface area (Å²) in [5.74, 6) is -1.62. The fourth-order valence-electron chi connectivity index (χ4n) is 6.69. The van der Waals surface area contributed by atoms with Gasteiger partial charge in [-0.3, -0.25) is 4.98 Å². The lowest BCUT2D eigenvalue weighted by atomic mass is 9.53. The van der Waals surface area contributed by atoms with Crippen molar-refractivity contribution in [3.8, 4) is 0 Å². The van der Waals surface area contributed by atoms with Crippen LogP contribution < -0.4 is 5.76 Å². The van der Waals surface area contributed by atoms with Gasteiger partial charge in [0.15, 0.2) is 0 Å². The number of rotatable bonds is 7. The highest BCUT2D eigenvalue weighted by molar-refractivity contribution is 7.89. The highest BCUT2D eigenvalue weighted by Gasteiger charge is 2.59. The molecule has 10 heteroatoms. The lowest BCUT2D eigenvalue weighted by Gasteiger charge is -2.52. The van der Waals surface area contributed by atoms with Gasteiger partial charge in [-0.2, -0.15) is 4.31 Å². The molecule has 2 unspecified atom stereocenters. The maximum atomic E-state index is 15.8. The molecule has 2 atom stereocenters. The summed E-state index contributed by atoms with van der Waals surface area (Å²) in [5.41, 5.74) is -1.66. The number of H-pyrrole nitrogens is 1. The van der Waals surface area contributed by atoms with Crippen LogP contribution in [-0.2, 0) is 22.0 Å². The number of hydrogen-bond acceptors (Lipinski definition) is 5. The van der Waals surface area contributed by atoms with Crippen molar-refractivity contribution in [2.24, 2.45) is 5.92 Å². The van der Waals surface area contributed by atoms with Crippen LogP contribution in [0.2, 0.25) is 0 Å². The average molecular weight is 559 g/mol. The zero-order valence-corrected chi connectivity index (χ0v) is 22.5. The van der Waals surface area contributed by atoms with Gasteiger partial charge < -0.3 is 9.52 Å². The number of oxazole rings is 1. The molecule has 7 nitrogen and oxygen atoms in total. The van der Waals surface area contributed by atoms with Crippen molar-refractivity contribution in [1.29, 1.82) is 0 Å². The molecular weight excluding hydrogens is 526 g/mol. The second-order valence-electron chi connectivity index (χ2n) is 11.7. The molecule has 208 valence electrons. The van der Waals surface area contributed by atoms with Crippen LogP contribution in [0.4, 0.5) is 8.78 Å². The number of hydrogen-bond donors (Lipinski definition) is 2. The van der Waals surface area contributed by atoms with Crippen LogP contribution >= 0.6 is 0 Å². The normalized spacial score (nSPS) is 30.7. The standard InChI is InChI=1S/C29H32F2N2O5S/c1-18-7-10-25(20-5-3-2-4-6-20)39(36,37)33(18)15-21-11-24(31)22(12-23(21)30)29(26-14-32-27(34)38-26)16-28(35,17-29)13-19-8-9-19/h2-6,11-12,14,18-19,25,35H,7-10,13,15-17H2,1H3,(H,32,34). The highest BCUT2D eigenvalue weighted by Crippen LogP contribution is 2.58. The number of benzene rings is 2. The zero-order valence-electron chi connectivity index (χ0n) is 21.7. The summed E-state index contributed by atoms with van der Waals surface area (Å²) in [4.78, 5) is 14.2. The van der Waals surface area contributed by atoms with Crippen molar-refractivity contribution in [3.63, 3.8) is 0 Å². The van der Waals surface area contributed by atoms with Gasteiger partial charge in [0.1, 0.15) is 22.6 Å². The molecule has 1 aromatic heterocycles. The Morgan fingerprint density at radius 3 is 2.44 bits per heavy atom. The maximum Gasteiger partial charge on any atom is 0.416 e. The molecular formula is C29H32F2N2O5S.